The molecule has 0 amide bonds. The van der Waals surface area contributed by atoms with Crippen LogP contribution < -0.4 is 9.80 Å². The first kappa shape index (κ1) is 37.7. The van der Waals surface area contributed by atoms with E-state index in [-0.39, 0.29) is 0 Å². The minimum Gasteiger partial charge on any atom is -0.452 e. The van der Waals surface area contributed by atoms with Crippen LogP contribution in [-0.4, -0.2) is 0 Å². The second-order valence-electron chi connectivity index (χ2n) is 17.3. The van der Waals surface area contributed by atoms with Crippen molar-refractivity contribution >= 4 is 99.5 Å². The zero-order valence-electron chi connectivity index (χ0n) is 36.6. The molecule has 0 unspecified atom stereocenters. The lowest BCUT2D eigenvalue weighted by molar-refractivity contribution is 0.633. The maximum absolute atomic E-state index is 6.93. The topological polar surface area (TPSA) is 32.8 Å². The van der Waals surface area contributed by atoms with Crippen molar-refractivity contribution in [1.29, 1.82) is 0 Å². The standard InChI is InChI=1S/C58H48N2O2/c1-33-15-9-11-21-49(33)59(55-35(3)17-13-18-36(55)4)45-25-23-41-29-47-51(31-43(41)27-45)61-57-53(47)39(7)40(8)54-48-30-42-24-26-46(28-44(42)32-52(48)62-58(54)57)60(50-22-12-10-16-34(50)2)56-37(5)19-14-20-38(56)6/h9-32H,1-8H3. The molecule has 4 heteroatoms. The first-order valence-electron chi connectivity index (χ1n) is 21.6. The largest absolute Gasteiger partial charge is 0.452 e. The van der Waals surface area contributed by atoms with Gasteiger partial charge in [-0.2, -0.15) is 0 Å². The summed E-state index contributed by atoms with van der Waals surface area (Å²) in [6, 6.07) is 53.0. The molecular formula is C58H48N2O2. The van der Waals surface area contributed by atoms with Crippen LogP contribution >= 0.6 is 0 Å². The summed E-state index contributed by atoms with van der Waals surface area (Å²) >= 11 is 0. The Kier molecular flexibility index (Phi) is 8.59. The zero-order valence-corrected chi connectivity index (χ0v) is 36.6. The number of rotatable bonds is 6. The molecule has 302 valence electrons. The molecule has 11 rings (SSSR count). The normalized spacial score (nSPS) is 11.9. The molecule has 0 N–H and O–H groups in total. The molecule has 2 heterocycles. The Hall–Kier alpha value is -7.30. The Labute approximate surface area is 362 Å². The van der Waals surface area contributed by atoms with Crippen molar-refractivity contribution in [2.75, 3.05) is 9.80 Å². The fraction of sp³-hybridized carbons (Fsp3) is 0.138. The SMILES string of the molecule is Cc1ccccc1N(c1ccc2cc3c(cc2c1)oc1c2oc4cc5cc(N(c6ccccc6C)c6c(C)cccc6C)ccc5cc4c2c(C)c(C)c31)c1c(C)cccc1C. The van der Waals surface area contributed by atoms with E-state index in [0.29, 0.717) is 0 Å². The molecule has 0 fully saturated rings. The molecule has 4 nitrogen and oxygen atoms in total. The summed E-state index contributed by atoms with van der Waals surface area (Å²) in [5.41, 5.74) is 20.1. The Bertz CT molecular complexity index is 3360. The van der Waals surface area contributed by atoms with Crippen LogP contribution in [-0.2, 0) is 0 Å². The van der Waals surface area contributed by atoms with Gasteiger partial charge in [-0.1, -0.05) is 84.9 Å². The number of hydrogen-bond donors (Lipinski definition) is 0. The van der Waals surface area contributed by atoms with Gasteiger partial charge in [-0.15, -0.1) is 0 Å². The molecule has 0 saturated heterocycles. The third-order valence-corrected chi connectivity index (χ3v) is 13.3. The van der Waals surface area contributed by atoms with Crippen LogP contribution in [0.5, 0.6) is 0 Å². The maximum atomic E-state index is 6.93. The predicted octanol–water partition coefficient (Wildman–Crippen LogP) is 17.2. The van der Waals surface area contributed by atoms with Gasteiger partial charge in [0.1, 0.15) is 11.2 Å². The highest BCUT2D eigenvalue weighted by atomic mass is 16.4. The van der Waals surface area contributed by atoms with E-state index in [2.05, 4.69) is 211 Å². The van der Waals surface area contributed by atoms with Gasteiger partial charge in [-0.25, -0.2) is 0 Å². The van der Waals surface area contributed by atoms with Crippen LogP contribution in [0.4, 0.5) is 34.1 Å². The monoisotopic (exact) mass is 804 g/mol. The van der Waals surface area contributed by atoms with E-state index in [0.717, 1.165) is 66.0 Å². The minimum absolute atomic E-state index is 0.799. The number of anilines is 6. The van der Waals surface area contributed by atoms with E-state index in [9.17, 15) is 0 Å². The van der Waals surface area contributed by atoms with Gasteiger partial charge in [-0.05, 0) is 182 Å². The van der Waals surface area contributed by atoms with Crippen molar-refractivity contribution < 1.29 is 8.83 Å². The van der Waals surface area contributed by atoms with Crippen LogP contribution in [0.2, 0.25) is 0 Å². The van der Waals surface area contributed by atoms with Crippen molar-refractivity contribution in [2.45, 2.75) is 55.4 Å². The summed E-state index contributed by atoms with van der Waals surface area (Å²) in [6.07, 6.45) is 0. The minimum atomic E-state index is 0.799. The molecule has 0 aliphatic rings. The van der Waals surface area contributed by atoms with E-state index in [1.807, 2.05) is 0 Å². The molecule has 11 aromatic rings. The summed E-state index contributed by atoms with van der Waals surface area (Å²) in [6.45, 7) is 17.6. The third kappa shape index (κ3) is 5.74. The maximum Gasteiger partial charge on any atom is 0.178 e. The smallest absolute Gasteiger partial charge is 0.178 e. The lowest BCUT2D eigenvalue weighted by atomic mass is 9.96. The second-order valence-corrected chi connectivity index (χ2v) is 17.3. The predicted molar refractivity (Wildman–Crippen MR) is 263 cm³/mol. The summed E-state index contributed by atoms with van der Waals surface area (Å²) < 4.78 is 13.9. The zero-order chi connectivity index (χ0) is 42.6. The van der Waals surface area contributed by atoms with Crippen molar-refractivity contribution in [1.82, 2.24) is 0 Å². The number of hydrogen-bond acceptors (Lipinski definition) is 4. The third-order valence-electron chi connectivity index (χ3n) is 13.3. The average molecular weight is 805 g/mol. The van der Waals surface area contributed by atoms with Gasteiger partial charge in [0, 0.05) is 44.3 Å². The first-order chi connectivity index (χ1) is 30.0. The highest BCUT2D eigenvalue weighted by Gasteiger charge is 2.24. The fourth-order valence-electron chi connectivity index (χ4n) is 10.1. The van der Waals surface area contributed by atoms with Crippen LogP contribution in [0.3, 0.4) is 0 Å². The van der Waals surface area contributed by atoms with E-state index in [4.69, 9.17) is 8.83 Å². The summed E-state index contributed by atoms with van der Waals surface area (Å²) in [5.74, 6) is 0. The number of para-hydroxylation sites is 4. The summed E-state index contributed by atoms with van der Waals surface area (Å²) in [4.78, 5) is 4.81. The second kappa shape index (κ2) is 14.1. The van der Waals surface area contributed by atoms with Gasteiger partial charge in [0.15, 0.2) is 11.2 Å². The van der Waals surface area contributed by atoms with E-state index in [1.165, 1.54) is 78.0 Å². The van der Waals surface area contributed by atoms with Gasteiger partial charge in [0.2, 0.25) is 0 Å². The molecular weight excluding hydrogens is 757 g/mol. The number of fused-ring (bicyclic) bond motifs is 9. The van der Waals surface area contributed by atoms with Gasteiger partial charge >= 0.3 is 0 Å². The first-order valence-corrected chi connectivity index (χ1v) is 21.6. The Morgan fingerprint density at radius 3 is 1.10 bits per heavy atom. The number of furan rings is 2. The molecule has 0 aliphatic carbocycles. The Morgan fingerprint density at radius 1 is 0.339 bits per heavy atom. The molecule has 0 atom stereocenters. The number of aryl methyl sites for hydroxylation is 8. The van der Waals surface area contributed by atoms with E-state index >= 15 is 0 Å². The summed E-state index contributed by atoms with van der Waals surface area (Å²) in [7, 11) is 0. The van der Waals surface area contributed by atoms with Gasteiger partial charge < -0.3 is 18.6 Å². The molecule has 0 saturated carbocycles. The molecule has 0 bridgehead atoms. The van der Waals surface area contributed by atoms with Crippen molar-refractivity contribution in [3.05, 3.63) is 190 Å². The molecule has 2 aromatic heterocycles. The Morgan fingerprint density at radius 2 is 0.710 bits per heavy atom. The van der Waals surface area contributed by atoms with Crippen molar-refractivity contribution in [2.24, 2.45) is 0 Å². The van der Waals surface area contributed by atoms with E-state index < -0.39 is 0 Å². The summed E-state index contributed by atoms with van der Waals surface area (Å²) in [5, 5.41) is 9.01. The quantitative estimate of drug-likeness (QED) is 0.168. The highest BCUT2D eigenvalue weighted by molar-refractivity contribution is 6.24. The lowest BCUT2D eigenvalue weighted by Gasteiger charge is -2.30. The van der Waals surface area contributed by atoms with E-state index in [1.54, 1.807) is 0 Å². The van der Waals surface area contributed by atoms with Gasteiger partial charge in [0.25, 0.3) is 0 Å². The molecule has 0 radical (unpaired) electrons. The van der Waals surface area contributed by atoms with Gasteiger partial charge in [-0.3, -0.25) is 0 Å². The van der Waals surface area contributed by atoms with Crippen LogP contribution in [0.1, 0.15) is 44.5 Å². The fourth-order valence-corrected chi connectivity index (χ4v) is 10.1. The number of benzene rings is 9. The molecule has 0 spiro atoms. The molecule has 9 aromatic carbocycles. The van der Waals surface area contributed by atoms with Crippen LogP contribution in [0.25, 0.3) is 65.4 Å². The average Bonchev–Trinajstić information content (AvgIpc) is 3.82. The van der Waals surface area contributed by atoms with Gasteiger partial charge in [0.05, 0.1) is 11.4 Å². The van der Waals surface area contributed by atoms with Crippen molar-refractivity contribution in [3.63, 3.8) is 0 Å². The van der Waals surface area contributed by atoms with Crippen LogP contribution in [0.15, 0.2) is 154 Å². The van der Waals surface area contributed by atoms with Crippen LogP contribution in [0, 0.1) is 55.4 Å². The molecule has 62 heavy (non-hydrogen) atoms. The Balaban J connectivity index is 1.08. The highest BCUT2D eigenvalue weighted by Crippen LogP contribution is 2.47. The van der Waals surface area contributed by atoms with Crippen molar-refractivity contribution in [3.8, 4) is 0 Å². The lowest BCUT2D eigenvalue weighted by Crippen LogP contribution is -2.14. The molecule has 0 aliphatic heterocycles. The number of nitrogens with zero attached hydrogens (tertiary/aromatic N) is 2.